The van der Waals surface area contributed by atoms with E-state index in [9.17, 15) is 0 Å². The summed E-state index contributed by atoms with van der Waals surface area (Å²) in [7, 11) is 0. The molecule has 0 aromatic heterocycles. The molecule has 7 heteroatoms. The number of guanidine groups is 1. The van der Waals surface area contributed by atoms with Crippen LogP contribution in [-0.2, 0) is 16.0 Å². The Hall–Kier alpha value is -0.570. The van der Waals surface area contributed by atoms with Crippen LogP contribution in [0, 0.1) is 0 Å². The summed E-state index contributed by atoms with van der Waals surface area (Å²) in [6, 6.07) is 7.85. The zero-order valence-corrected chi connectivity index (χ0v) is 17.7. The quantitative estimate of drug-likeness (QED) is 0.409. The summed E-state index contributed by atoms with van der Waals surface area (Å²) >= 11 is 6.06. The summed E-state index contributed by atoms with van der Waals surface area (Å²) in [5, 5.41) is 4.14. The highest BCUT2D eigenvalue weighted by atomic mass is 127. The number of hydrogen-bond acceptors (Lipinski definition) is 3. The second kappa shape index (κ2) is 10.5. The Morgan fingerprint density at radius 1 is 1.32 bits per heavy atom. The van der Waals surface area contributed by atoms with Crippen molar-refractivity contribution in [3.05, 3.63) is 34.9 Å². The summed E-state index contributed by atoms with van der Waals surface area (Å²) in [6.07, 6.45) is 2.59. The first-order valence-corrected chi connectivity index (χ1v) is 9.15. The van der Waals surface area contributed by atoms with Crippen LogP contribution in [0.5, 0.6) is 0 Å². The number of benzene rings is 1. The average molecular weight is 480 g/mol. The van der Waals surface area contributed by atoms with E-state index in [0.29, 0.717) is 13.2 Å². The molecule has 2 atom stereocenters. The van der Waals surface area contributed by atoms with Gasteiger partial charge in [-0.1, -0.05) is 23.7 Å². The van der Waals surface area contributed by atoms with E-state index in [0.717, 1.165) is 55.6 Å². The third kappa shape index (κ3) is 5.98. The maximum Gasteiger partial charge on any atom is 0.194 e. The predicted molar refractivity (Wildman–Crippen MR) is 112 cm³/mol. The molecule has 2 saturated heterocycles. The lowest BCUT2D eigenvalue weighted by molar-refractivity contribution is -0.0817. The Bertz CT molecular complexity index is 567. The molecule has 25 heavy (non-hydrogen) atoms. The van der Waals surface area contributed by atoms with Crippen LogP contribution >= 0.6 is 35.6 Å². The van der Waals surface area contributed by atoms with Gasteiger partial charge in [0, 0.05) is 31.3 Å². The van der Waals surface area contributed by atoms with E-state index in [-0.39, 0.29) is 36.2 Å². The SMILES string of the molecule is CCNC(=NCc1cccc(Cl)c1)N1CCOC(C2CCCO2)C1.I. The van der Waals surface area contributed by atoms with Crippen molar-refractivity contribution in [3.63, 3.8) is 0 Å². The first kappa shape index (κ1) is 20.7. The molecule has 3 rings (SSSR count). The van der Waals surface area contributed by atoms with E-state index in [1.165, 1.54) is 0 Å². The molecule has 140 valence electrons. The molecule has 0 amide bonds. The minimum atomic E-state index is 0. The number of nitrogens with zero attached hydrogens (tertiary/aromatic N) is 2. The molecule has 0 bridgehead atoms. The standard InChI is InChI=1S/C18H26ClN3O2.HI/c1-2-20-18(21-12-14-5-3-6-15(19)11-14)22-8-10-24-17(13-22)16-7-4-9-23-16;/h3,5-6,11,16-17H,2,4,7-10,12-13H2,1H3,(H,20,21);1H. The van der Waals surface area contributed by atoms with Gasteiger partial charge in [0.1, 0.15) is 6.10 Å². The predicted octanol–water partition coefficient (Wildman–Crippen LogP) is 3.30. The number of nitrogens with one attached hydrogen (secondary N) is 1. The fourth-order valence-electron chi connectivity index (χ4n) is 3.22. The van der Waals surface area contributed by atoms with Gasteiger partial charge in [0.25, 0.3) is 0 Å². The first-order valence-electron chi connectivity index (χ1n) is 8.77. The fourth-order valence-corrected chi connectivity index (χ4v) is 3.43. The smallest absolute Gasteiger partial charge is 0.194 e. The highest BCUT2D eigenvalue weighted by Crippen LogP contribution is 2.21. The van der Waals surface area contributed by atoms with Gasteiger partial charge in [-0.2, -0.15) is 0 Å². The van der Waals surface area contributed by atoms with Crippen LogP contribution in [0.1, 0.15) is 25.3 Å². The lowest BCUT2D eigenvalue weighted by Crippen LogP contribution is -2.53. The molecule has 2 fully saturated rings. The van der Waals surface area contributed by atoms with Gasteiger partial charge in [-0.05, 0) is 37.5 Å². The van der Waals surface area contributed by atoms with Gasteiger partial charge >= 0.3 is 0 Å². The minimum Gasteiger partial charge on any atom is -0.375 e. The third-order valence-corrected chi connectivity index (χ3v) is 4.64. The molecule has 0 spiro atoms. The Kier molecular flexibility index (Phi) is 8.75. The van der Waals surface area contributed by atoms with Crippen molar-refractivity contribution in [1.29, 1.82) is 0 Å². The summed E-state index contributed by atoms with van der Waals surface area (Å²) in [4.78, 5) is 7.07. The van der Waals surface area contributed by atoms with Crippen LogP contribution in [-0.4, -0.2) is 55.9 Å². The molecule has 2 unspecified atom stereocenters. The van der Waals surface area contributed by atoms with E-state index in [2.05, 4.69) is 17.1 Å². The molecule has 1 aromatic carbocycles. The number of ether oxygens (including phenoxy) is 2. The minimum absolute atomic E-state index is 0. The Morgan fingerprint density at radius 2 is 2.16 bits per heavy atom. The molecule has 2 aliphatic rings. The molecule has 5 nitrogen and oxygen atoms in total. The Morgan fingerprint density at radius 3 is 2.88 bits per heavy atom. The van der Waals surface area contributed by atoms with Crippen LogP contribution in [0.15, 0.2) is 29.3 Å². The summed E-state index contributed by atoms with van der Waals surface area (Å²) < 4.78 is 11.7. The molecular weight excluding hydrogens is 453 g/mol. The Balaban J connectivity index is 0.00000225. The zero-order chi connectivity index (χ0) is 16.8. The van der Waals surface area contributed by atoms with Gasteiger partial charge in [0.2, 0.25) is 0 Å². The summed E-state index contributed by atoms with van der Waals surface area (Å²) in [5.74, 6) is 0.934. The lowest BCUT2D eigenvalue weighted by Gasteiger charge is -2.37. The van der Waals surface area contributed by atoms with Crippen molar-refractivity contribution in [2.24, 2.45) is 4.99 Å². The van der Waals surface area contributed by atoms with Crippen LogP contribution in [0.2, 0.25) is 5.02 Å². The van der Waals surface area contributed by atoms with Crippen molar-refractivity contribution in [2.45, 2.75) is 38.5 Å². The normalized spacial score (nSPS) is 24.1. The van der Waals surface area contributed by atoms with Crippen LogP contribution in [0.25, 0.3) is 0 Å². The van der Waals surface area contributed by atoms with Gasteiger partial charge in [-0.3, -0.25) is 0 Å². The van der Waals surface area contributed by atoms with E-state index < -0.39 is 0 Å². The zero-order valence-electron chi connectivity index (χ0n) is 14.6. The number of halogens is 2. The molecule has 0 radical (unpaired) electrons. The first-order chi connectivity index (χ1) is 11.8. The molecule has 1 aromatic rings. The largest absolute Gasteiger partial charge is 0.375 e. The van der Waals surface area contributed by atoms with E-state index >= 15 is 0 Å². The van der Waals surface area contributed by atoms with Crippen molar-refractivity contribution in [3.8, 4) is 0 Å². The third-order valence-electron chi connectivity index (χ3n) is 4.41. The highest BCUT2D eigenvalue weighted by molar-refractivity contribution is 14.0. The maximum absolute atomic E-state index is 6.06. The van der Waals surface area contributed by atoms with Crippen LogP contribution in [0.3, 0.4) is 0 Å². The van der Waals surface area contributed by atoms with Crippen LogP contribution in [0.4, 0.5) is 0 Å². The summed E-state index contributed by atoms with van der Waals surface area (Å²) in [5.41, 5.74) is 1.11. The van der Waals surface area contributed by atoms with Crippen molar-refractivity contribution >= 4 is 41.5 Å². The number of morpholine rings is 1. The van der Waals surface area contributed by atoms with Gasteiger partial charge in [-0.15, -0.1) is 24.0 Å². The number of aliphatic imine (C=N–C) groups is 1. The van der Waals surface area contributed by atoms with Crippen molar-refractivity contribution in [2.75, 3.05) is 32.8 Å². The van der Waals surface area contributed by atoms with Gasteiger partial charge in [0.15, 0.2) is 5.96 Å². The van der Waals surface area contributed by atoms with E-state index in [1.54, 1.807) is 0 Å². The number of rotatable bonds is 4. The van der Waals surface area contributed by atoms with Gasteiger partial charge in [0.05, 0.1) is 19.3 Å². The lowest BCUT2D eigenvalue weighted by atomic mass is 10.1. The van der Waals surface area contributed by atoms with E-state index in [1.807, 2.05) is 24.3 Å². The van der Waals surface area contributed by atoms with Crippen LogP contribution < -0.4 is 5.32 Å². The van der Waals surface area contributed by atoms with Crippen molar-refractivity contribution in [1.82, 2.24) is 10.2 Å². The second-order valence-electron chi connectivity index (χ2n) is 6.21. The molecule has 2 aliphatic heterocycles. The molecule has 1 N–H and O–H groups in total. The van der Waals surface area contributed by atoms with Gasteiger partial charge in [-0.25, -0.2) is 4.99 Å². The highest BCUT2D eigenvalue weighted by Gasteiger charge is 2.32. The Labute approximate surface area is 172 Å². The topological polar surface area (TPSA) is 46.1 Å². The summed E-state index contributed by atoms with van der Waals surface area (Å²) in [6.45, 7) is 6.80. The monoisotopic (exact) mass is 479 g/mol. The fraction of sp³-hybridized carbons (Fsp3) is 0.611. The van der Waals surface area contributed by atoms with Gasteiger partial charge < -0.3 is 19.7 Å². The van der Waals surface area contributed by atoms with Crippen molar-refractivity contribution < 1.29 is 9.47 Å². The van der Waals surface area contributed by atoms with E-state index in [4.69, 9.17) is 26.1 Å². The number of hydrogen-bond donors (Lipinski definition) is 1. The molecule has 0 saturated carbocycles. The average Bonchev–Trinajstić information content (AvgIpc) is 3.13. The molecule has 2 heterocycles. The molecule has 0 aliphatic carbocycles. The molecular formula is C18H27ClIN3O2. The maximum atomic E-state index is 6.06. The second-order valence-corrected chi connectivity index (χ2v) is 6.64.